The molecule has 0 saturated heterocycles. The summed E-state index contributed by atoms with van der Waals surface area (Å²) in [5.74, 6) is -0.247. The Bertz CT molecular complexity index is 566. The Hall–Kier alpha value is -1.68. The third-order valence-corrected chi connectivity index (χ3v) is 3.52. The van der Waals surface area contributed by atoms with Gasteiger partial charge in [-0.1, -0.05) is 30.3 Å². The van der Waals surface area contributed by atoms with Crippen LogP contribution in [-0.2, 0) is 9.84 Å². The van der Waals surface area contributed by atoms with Crippen LogP contribution in [0.15, 0.2) is 53.5 Å². The van der Waals surface area contributed by atoms with Gasteiger partial charge in [0, 0.05) is 11.0 Å². The second kappa shape index (κ2) is 4.06. The number of carbonyl (C=O) groups excluding carboxylic acids is 1. The summed E-state index contributed by atoms with van der Waals surface area (Å²) in [4.78, 5) is 11.7. The number of allylic oxidation sites excluding steroid dienone is 2. The zero-order valence-electron chi connectivity index (χ0n) is 8.46. The van der Waals surface area contributed by atoms with E-state index < -0.39 is 9.84 Å². The molecule has 0 unspecified atom stereocenters. The van der Waals surface area contributed by atoms with E-state index >= 15 is 0 Å². The first-order valence-corrected chi connectivity index (χ1v) is 6.49. The van der Waals surface area contributed by atoms with Crippen molar-refractivity contribution in [3.63, 3.8) is 0 Å². The Morgan fingerprint density at radius 3 is 2.44 bits per heavy atom. The van der Waals surface area contributed by atoms with Gasteiger partial charge in [0.1, 0.15) is 0 Å². The van der Waals surface area contributed by atoms with Crippen molar-refractivity contribution in [1.82, 2.24) is 0 Å². The van der Waals surface area contributed by atoms with Crippen LogP contribution in [0, 0.1) is 0 Å². The lowest BCUT2D eigenvalue weighted by Crippen LogP contribution is -2.00. The molecule has 1 aliphatic rings. The highest BCUT2D eigenvalue weighted by Crippen LogP contribution is 2.14. The Morgan fingerprint density at radius 1 is 1.19 bits per heavy atom. The van der Waals surface area contributed by atoms with Gasteiger partial charge in [0.2, 0.25) is 0 Å². The summed E-state index contributed by atoms with van der Waals surface area (Å²) in [6.45, 7) is 0. The van der Waals surface area contributed by atoms with E-state index in [2.05, 4.69) is 0 Å². The molecule has 0 bridgehead atoms. The molecule has 2 rings (SSSR count). The minimum atomic E-state index is -3.12. The van der Waals surface area contributed by atoms with E-state index in [1.54, 1.807) is 24.3 Å². The van der Waals surface area contributed by atoms with Crippen LogP contribution in [0.5, 0.6) is 0 Å². The third-order valence-electron chi connectivity index (χ3n) is 2.23. The normalized spacial score (nSPS) is 20.1. The molecule has 0 amide bonds. The number of hydrogen-bond donors (Lipinski definition) is 0. The monoisotopic (exact) mass is 234 g/mol. The van der Waals surface area contributed by atoms with Crippen molar-refractivity contribution in [2.24, 2.45) is 0 Å². The van der Waals surface area contributed by atoms with E-state index in [4.69, 9.17) is 0 Å². The third kappa shape index (κ3) is 2.46. The lowest BCUT2D eigenvalue weighted by atomic mass is 10.1. The maximum Gasteiger partial charge on any atom is 0.186 e. The molecule has 0 aromatic heterocycles. The Balaban J connectivity index is 2.22. The van der Waals surface area contributed by atoms with E-state index in [1.807, 2.05) is 6.07 Å². The molecule has 0 aliphatic carbocycles. The summed E-state index contributed by atoms with van der Waals surface area (Å²) in [6.07, 6.45) is 2.84. The molecule has 82 valence electrons. The molecule has 0 N–H and O–H groups in total. The molecule has 1 aromatic rings. The van der Waals surface area contributed by atoms with Gasteiger partial charge in [-0.05, 0) is 17.7 Å². The van der Waals surface area contributed by atoms with Crippen molar-refractivity contribution in [2.75, 3.05) is 5.75 Å². The SMILES string of the molecule is O=C(C=C1C=CS(=O)(=O)C1)c1ccccc1. The molecule has 1 aromatic carbocycles. The van der Waals surface area contributed by atoms with Gasteiger partial charge >= 0.3 is 0 Å². The zero-order chi connectivity index (χ0) is 11.6. The number of benzene rings is 1. The summed E-state index contributed by atoms with van der Waals surface area (Å²) in [5.41, 5.74) is 1.10. The summed E-state index contributed by atoms with van der Waals surface area (Å²) in [7, 11) is -3.12. The van der Waals surface area contributed by atoms with E-state index in [9.17, 15) is 13.2 Å². The van der Waals surface area contributed by atoms with Crippen LogP contribution in [-0.4, -0.2) is 20.0 Å². The van der Waals surface area contributed by atoms with Crippen LogP contribution in [0.4, 0.5) is 0 Å². The van der Waals surface area contributed by atoms with E-state index in [1.165, 1.54) is 12.2 Å². The van der Waals surface area contributed by atoms with Gasteiger partial charge in [0.25, 0.3) is 0 Å². The second-order valence-electron chi connectivity index (χ2n) is 3.56. The molecule has 1 aliphatic heterocycles. The molecule has 0 saturated carbocycles. The molecule has 4 heteroatoms. The highest BCUT2D eigenvalue weighted by Gasteiger charge is 2.16. The Labute approximate surface area is 94.0 Å². The predicted molar refractivity (Wildman–Crippen MR) is 61.8 cm³/mol. The van der Waals surface area contributed by atoms with Crippen molar-refractivity contribution in [1.29, 1.82) is 0 Å². The first kappa shape index (κ1) is 10.8. The predicted octanol–water partition coefficient (Wildman–Crippen LogP) is 1.74. The number of carbonyl (C=O) groups is 1. The molecule has 16 heavy (non-hydrogen) atoms. The van der Waals surface area contributed by atoms with Gasteiger partial charge < -0.3 is 0 Å². The number of hydrogen-bond acceptors (Lipinski definition) is 3. The van der Waals surface area contributed by atoms with Crippen LogP contribution in [0.3, 0.4) is 0 Å². The average molecular weight is 234 g/mol. The van der Waals surface area contributed by atoms with Crippen LogP contribution in [0.2, 0.25) is 0 Å². The van der Waals surface area contributed by atoms with Crippen LogP contribution in [0.1, 0.15) is 10.4 Å². The first-order chi connectivity index (χ1) is 7.57. The number of ketones is 1. The van der Waals surface area contributed by atoms with Crippen molar-refractivity contribution >= 4 is 15.6 Å². The first-order valence-electron chi connectivity index (χ1n) is 4.78. The fraction of sp³-hybridized carbons (Fsp3) is 0.0833. The fourth-order valence-electron chi connectivity index (χ4n) is 1.46. The fourth-order valence-corrected chi connectivity index (χ4v) is 2.59. The van der Waals surface area contributed by atoms with E-state index in [0.29, 0.717) is 11.1 Å². The minimum absolute atomic E-state index is 0.0778. The lowest BCUT2D eigenvalue weighted by Gasteiger charge is -1.95. The van der Waals surface area contributed by atoms with Crippen LogP contribution in [0.25, 0.3) is 0 Å². The summed E-state index contributed by atoms with van der Waals surface area (Å²) in [6, 6.07) is 8.77. The van der Waals surface area contributed by atoms with Crippen LogP contribution < -0.4 is 0 Å². The van der Waals surface area contributed by atoms with Gasteiger partial charge in [-0.15, -0.1) is 0 Å². The van der Waals surface area contributed by atoms with Gasteiger partial charge in [-0.3, -0.25) is 4.79 Å². The topological polar surface area (TPSA) is 51.2 Å². The van der Waals surface area contributed by atoms with E-state index in [0.717, 1.165) is 5.41 Å². The molecule has 1 heterocycles. The van der Waals surface area contributed by atoms with Crippen molar-refractivity contribution in [3.8, 4) is 0 Å². The largest absolute Gasteiger partial charge is 0.289 e. The molecule has 0 fully saturated rings. The minimum Gasteiger partial charge on any atom is -0.289 e. The Kier molecular flexibility index (Phi) is 2.75. The van der Waals surface area contributed by atoms with E-state index in [-0.39, 0.29) is 11.5 Å². The number of sulfone groups is 1. The zero-order valence-corrected chi connectivity index (χ0v) is 9.28. The Morgan fingerprint density at radius 2 is 1.88 bits per heavy atom. The highest BCUT2D eigenvalue weighted by molar-refractivity contribution is 7.94. The quantitative estimate of drug-likeness (QED) is 0.578. The molecular weight excluding hydrogens is 224 g/mol. The molecule has 3 nitrogen and oxygen atoms in total. The van der Waals surface area contributed by atoms with Crippen molar-refractivity contribution in [3.05, 3.63) is 59.0 Å². The summed E-state index contributed by atoms with van der Waals surface area (Å²) >= 11 is 0. The molecule has 0 radical (unpaired) electrons. The van der Waals surface area contributed by atoms with Crippen molar-refractivity contribution in [2.45, 2.75) is 0 Å². The molecule has 0 atom stereocenters. The maximum absolute atomic E-state index is 11.7. The summed E-state index contributed by atoms with van der Waals surface area (Å²) < 4.78 is 22.2. The van der Waals surface area contributed by atoms with Gasteiger partial charge in [0.05, 0.1) is 5.75 Å². The maximum atomic E-state index is 11.7. The number of rotatable bonds is 2. The van der Waals surface area contributed by atoms with Crippen LogP contribution >= 0.6 is 0 Å². The molecular formula is C12H10O3S. The average Bonchev–Trinajstić information content (AvgIpc) is 2.59. The standard InChI is InChI=1S/C12H10O3S/c13-12(11-4-2-1-3-5-11)8-10-6-7-16(14,15)9-10/h1-8H,9H2. The summed E-state index contributed by atoms with van der Waals surface area (Å²) in [5, 5.41) is 1.14. The van der Waals surface area contributed by atoms with Gasteiger partial charge in [-0.2, -0.15) is 0 Å². The smallest absolute Gasteiger partial charge is 0.186 e. The second-order valence-corrected chi connectivity index (χ2v) is 5.45. The lowest BCUT2D eigenvalue weighted by molar-refractivity contribution is 0.104. The van der Waals surface area contributed by atoms with Crippen molar-refractivity contribution < 1.29 is 13.2 Å². The molecule has 0 spiro atoms. The van der Waals surface area contributed by atoms with Gasteiger partial charge in [-0.25, -0.2) is 8.42 Å². The highest BCUT2D eigenvalue weighted by atomic mass is 32.2. The van der Waals surface area contributed by atoms with Gasteiger partial charge in [0.15, 0.2) is 15.6 Å².